The highest BCUT2D eigenvalue weighted by Crippen LogP contribution is 2.28. The SMILES string of the molecule is CC(C)(C)C1[C@H](CO)NCCN1C(=O)O. The standard InChI is InChI=1S/C10H20N2O3/c1-10(2,3)8-7(6-13)11-4-5-12(8)9(14)15/h7-8,11,13H,4-6H2,1-3H3,(H,14,15)/t7-,8?/m0/s1. The minimum Gasteiger partial charge on any atom is -0.465 e. The maximum absolute atomic E-state index is 11.1. The minimum atomic E-state index is -0.908. The van der Waals surface area contributed by atoms with E-state index in [4.69, 9.17) is 5.11 Å². The maximum Gasteiger partial charge on any atom is 0.407 e. The fourth-order valence-electron chi connectivity index (χ4n) is 2.29. The monoisotopic (exact) mass is 216 g/mol. The number of hydrogen-bond acceptors (Lipinski definition) is 3. The van der Waals surface area contributed by atoms with Crippen LogP contribution >= 0.6 is 0 Å². The molecule has 0 bridgehead atoms. The van der Waals surface area contributed by atoms with E-state index in [0.29, 0.717) is 13.1 Å². The highest BCUT2D eigenvalue weighted by atomic mass is 16.4. The number of aliphatic hydroxyl groups excluding tert-OH is 1. The zero-order valence-corrected chi connectivity index (χ0v) is 9.53. The predicted octanol–water partition coefficient (Wildman–Crippen LogP) is 0.345. The molecule has 5 heteroatoms. The van der Waals surface area contributed by atoms with Crippen molar-refractivity contribution in [1.82, 2.24) is 10.2 Å². The summed E-state index contributed by atoms with van der Waals surface area (Å²) in [5.41, 5.74) is -0.181. The number of hydrogen-bond donors (Lipinski definition) is 3. The van der Waals surface area contributed by atoms with E-state index in [2.05, 4.69) is 5.32 Å². The Kier molecular flexibility index (Phi) is 3.57. The molecule has 0 radical (unpaired) electrons. The first-order valence-corrected chi connectivity index (χ1v) is 5.21. The smallest absolute Gasteiger partial charge is 0.407 e. The average Bonchev–Trinajstić information content (AvgIpc) is 2.15. The molecule has 1 unspecified atom stereocenters. The van der Waals surface area contributed by atoms with Crippen molar-refractivity contribution in [1.29, 1.82) is 0 Å². The number of rotatable bonds is 1. The van der Waals surface area contributed by atoms with Crippen LogP contribution in [0, 0.1) is 5.41 Å². The molecule has 1 aliphatic rings. The van der Waals surface area contributed by atoms with Crippen LogP contribution < -0.4 is 5.32 Å². The molecule has 1 saturated heterocycles. The van der Waals surface area contributed by atoms with E-state index in [9.17, 15) is 9.90 Å². The Bertz CT molecular complexity index is 237. The van der Waals surface area contributed by atoms with Gasteiger partial charge in [0, 0.05) is 13.1 Å². The molecule has 15 heavy (non-hydrogen) atoms. The van der Waals surface area contributed by atoms with Crippen LogP contribution in [0.4, 0.5) is 4.79 Å². The number of nitrogens with one attached hydrogen (secondary N) is 1. The minimum absolute atomic E-state index is 0.0360. The van der Waals surface area contributed by atoms with Gasteiger partial charge in [-0.3, -0.25) is 0 Å². The van der Waals surface area contributed by atoms with Crippen LogP contribution in [0.1, 0.15) is 20.8 Å². The summed E-state index contributed by atoms with van der Waals surface area (Å²) in [6, 6.07) is -0.358. The Morgan fingerprint density at radius 3 is 2.53 bits per heavy atom. The van der Waals surface area contributed by atoms with Gasteiger partial charge in [0.1, 0.15) is 0 Å². The summed E-state index contributed by atoms with van der Waals surface area (Å²) in [7, 11) is 0. The van der Waals surface area contributed by atoms with Crippen molar-refractivity contribution >= 4 is 6.09 Å². The van der Waals surface area contributed by atoms with Crippen molar-refractivity contribution in [2.24, 2.45) is 5.41 Å². The first-order chi connectivity index (χ1) is 6.88. The zero-order valence-electron chi connectivity index (χ0n) is 9.53. The van der Waals surface area contributed by atoms with Crippen LogP contribution in [0.15, 0.2) is 0 Å². The van der Waals surface area contributed by atoms with Crippen LogP contribution in [0.5, 0.6) is 0 Å². The second-order valence-electron chi connectivity index (χ2n) is 5.03. The summed E-state index contributed by atoms with van der Waals surface area (Å²) in [6.45, 7) is 7.01. The van der Waals surface area contributed by atoms with Crippen molar-refractivity contribution in [2.75, 3.05) is 19.7 Å². The third-order valence-corrected chi connectivity index (χ3v) is 2.81. The van der Waals surface area contributed by atoms with Gasteiger partial charge in [0.25, 0.3) is 0 Å². The third-order valence-electron chi connectivity index (χ3n) is 2.81. The van der Waals surface area contributed by atoms with Crippen molar-refractivity contribution in [2.45, 2.75) is 32.9 Å². The molecule has 0 aliphatic carbocycles. The molecule has 2 atom stereocenters. The summed E-state index contributed by atoms with van der Waals surface area (Å²) in [6.07, 6.45) is -0.908. The second kappa shape index (κ2) is 4.37. The topological polar surface area (TPSA) is 72.8 Å². The number of amides is 1. The Hall–Kier alpha value is -0.810. The fraction of sp³-hybridized carbons (Fsp3) is 0.900. The van der Waals surface area contributed by atoms with Crippen LogP contribution in [0.2, 0.25) is 0 Å². The van der Waals surface area contributed by atoms with Gasteiger partial charge in [0.15, 0.2) is 0 Å². The van der Waals surface area contributed by atoms with Crippen molar-refractivity contribution < 1.29 is 15.0 Å². The van der Waals surface area contributed by atoms with E-state index in [-0.39, 0.29) is 24.1 Å². The van der Waals surface area contributed by atoms with E-state index in [0.717, 1.165) is 0 Å². The molecule has 0 saturated carbocycles. The van der Waals surface area contributed by atoms with Gasteiger partial charge in [-0.15, -0.1) is 0 Å². The second-order valence-corrected chi connectivity index (χ2v) is 5.03. The molecule has 1 aliphatic heterocycles. The predicted molar refractivity (Wildman–Crippen MR) is 56.9 cm³/mol. The van der Waals surface area contributed by atoms with E-state index < -0.39 is 6.09 Å². The molecule has 88 valence electrons. The van der Waals surface area contributed by atoms with Crippen LogP contribution in [0.25, 0.3) is 0 Å². The number of piperazine rings is 1. The van der Waals surface area contributed by atoms with Gasteiger partial charge in [-0.2, -0.15) is 0 Å². The van der Waals surface area contributed by atoms with E-state index in [1.54, 1.807) is 0 Å². The fourth-order valence-corrected chi connectivity index (χ4v) is 2.29. The van der Waals surface area contributed by atoms with Gasteiger partial charge >= 0.3 is 6.09 Å². The van der Waals surface area contributed by atoms with Crippen LogP contribution in [-0.2, 0) is 0 Å². The van der Waals surface area contributed by atoms with Gasteiger partial charge in [0.05, 0.1) is 18.7 Å². The van der Waals surface area contributed by atoms with Crippen molar-refractivity contribution in [3.05, 3.63) is 0 Å². The van der Waals surface area contributed by atoms with Gasteiger partial charge in [-0.25, -0.2) is 4.79 Å². The number of aliphatic hydroxyl groups is 1. The molecule has 0 spiro atoms. The highest BCUT2D eigenvalue weighted by Gasteiger charge is 2.41. The average molecular weight is 216 g/mol. The Balaban J connectivity index is 2.91. The molecular weight excluding hydrogens is 196 g/mol. The molecule has 5 nitrogen and oxygen atoms in total. The lowest BCUT2D eigenvalue weighted by atomic mass is 9.80. The van der Waals surface area contributed by atoms with Gasteiger partial charge in [-0.1, -0.05) is 20.8 Å². The lowest BCUT2D eigenvalue weighted by Crippen LogP contribution is -2.64. The van der Waals surface area contributed by atoms with Crippen molar-refractivity contribution in [3.8, 4) is 0 Å². The molecule has 0 aromatic rings. The Morgan fingerprint density at radius 1 is 1.53 bits per heavy atom. The van der Waals surface area contributed by atoms with Gasteiger partial charge in [0.2, 0.25) is 0 Å². The zero-order chi connectivity index (χ0) is 11.6. The molecule has 1 amide bonds. The molecule has 1 fully saturated rings. The quantitative estimate of drug-likeness (QED) is 0.591. The largest absolute Gasteiger partial charge is 0.465 e. The lowest BCUT2D eigenvalue weighted by molar-refractivity contribution is 0.0246. The van der Waals surface area contributed by atoms with Gasteiger partial charge < -0.3 is 20.4 Å². The summed E-state index contributed by atoms with van der Waals surface area (Å²) in [5.74, 6) is 0. The summed E-state index contributed by atoms with van der Waals surface area (Å²) in [5, 5.41) is 21.5. The van der Waals surface area contributed by atoms with E-state index >= 15 is 0 Å². The first-order valence-electron chi connectivity index (χ1n) is 5.21. The molecule has 3 N–H and O–H groups in total. The summed E-state index contributed by atoms with van der Waals surface area (Å²) < 4.78 is 0. The van der Waals surface area contributed by atoms with Crippen molar-refractivity contribution in [3.63, 3.8) is 0 Å². The van der Waals surface area contributed by atoms with E-state index in [1.807, 2.05) is 20.8 Å². The van der Waals surface area contributed by atoms with Crippen LogP contribution in [0.3, 0.4) is 0 Å². The molecule has 0 aromatic heterocycles. The summed E-state index contributed by atoms with van der Waals surface area (Å²) in [4.78, 5) is 12.5. The molecule has 1 rings (SSSR count). The third kappa shape index (κ3) is 2.60. The number of nitrogens with zero attached hydrogens (tertiary/aromatic N) is 1. The first kappa shape index (κ1) is 12.3. The highest BCUT2D eigenvalue weighted by molar-refractivity contribution is 5.66. The van der Waals surface area contributed by atoms with E-state index in [1.165, 1.54) is 4.90 Å². The lowest BCUT2D eigenvalue weighted by Gasteiger charge is -2.46. The maximum atomic E-state index is 11.1. The number of carbonyl (C=O) groups is 1. The molecular formula is C10H20N2O3. The summed E-state index contributed by atoms with van der Waals surface area (Å²) >= 11 is 0. The Morgan fingerprint density at radius 2 is 2.13 bits per heavy atom. The van der Waals surface area contributed by atoms with Gasteiger partial charge in [-0.05, 0) is 5.41 Å². The number of carboxylic acid groups (broad SMARTS) is 1. The molecule has 0 aromatic carbocycles. The van der Waals surface area contributed by atoms with Crippen LogP contribution in [-0.4, -0.2) is 53.0 Å². The Labute approximate surface area is 90.1 Å². The molecule has 1 heterocycles. The normalized spacial score (nSPS) is 27.9.